The quantitative estimate of drug-likeness (QED) is 0.592. The van der Waals surface area contributed by atoms with Gasteiger partial charge in [-0.05, 0) is 40.5 Å². The van der Waals surface area contributed by atoms with Gasteiger partial charge in [0.25, 0.3) is 0 Å². The number of nitrogens with one attached hydrogen (secondary N) is 1. The number of aliphatic hydroxyl groups excluding tert-OH is 1. The summed E-state index contributed by atoms with van der Waals surface area (Å²) in [6.07, 6.45) is 1.01. The van der Waals surface area contributed by atoms with Crippen molar-refractivity contribution in [3.63, 3.8) is 0 Å². The maximum atomic E-state index is 9.24. The molecule has 104 valence electrons. The van der Waals surface area contributed by atoms with Gasteiger partial charge in [-0.2, -0.15) is 0 Å². The molecule has 4 heteroatoms. The van der Waals surface area contributed by atoms with Gasteiger partial charge in [0.15, 0.2) is 0 Å². The molecule has 0 aromatic rings. The second-order valence-corrected chi connectivity index (χ2v) is 4.97. The topological polar surface area (TPSA) is 38.7 Å². The average molecular weight is 245 g/mol. The van der Waals surface area contributed by atoms with Crippen LogP contribution in [0.3, 0.4) is 0 Å². The Morgan fingerprint density at radius 1 is 1.24 bits per heavy atom. The molecule has 0 saturated heterocycles. The lowest BCUT2D eigenvalue weighted by Gasteiger charge is -2.31. The smallest absolute Gasteiger partial charge is 0.0585 e. The third kappa shape index (κ3) is 7.71. The lowest BCUT2D eigenvalue weighted by molar-refractivity contribution is 0.161. The SMILES string of the molecule is CCNC(CO)CCN(CC)C(C)CN(C)C. The summed E-state index contributed by atoms with van der Waals surface area (Å²) in [4.78, 5) is 4.70. The van der Waals surface area contributed by atoms with Gasteiger partial charge in [-0.1, -0.05) is 13.8 Å². The Morgan fingerprint density at radius 2 is 1.88 bits per heavy atom. The fourth-order valence-corrected chi connectivity index (χ4v) is 2.20. The van der Waals surface area contributed by atoms with Gasteiger partial charge in [-0.15, -0.1) is 0 Å². The van der Waals surface area contributed by atoms with E-state index in [2.05, 4.69) is 50.0 Å². The van der Waals surface area contributed by atoms with Gasteiger partial charge in [0.05, 0.1) is 6.61 Å². The minimum absolute atomic E-state index is 0.230. The van der Waals surface area contributed by atoms with Crippen molar-refractivity contribution < 1.29 is 5.11 Å². The lowest BCUT2D eigenvalue weighted by atomic mass is 10.1. The minimum atomic E-state index is 0.230. The highest BCUT2D eigenvalue weighted by atomic mass is 16.3. The Kier molecular flexibility index (Phi) is 9.74. The van der Waals surface area contributed by atoms with Gasteiger partial charge < -0.3 is 15.3 Å². The summed E-state index contributed by atoms with van der Waals surface area (Å²) < 4.78 is 0. The van der Waals surface area contributed by atoms with E-state index in [0.29, 0.717) is 6.04 Å². The standard InChI is InChI=1S/C13H31N3O/c1-6-14-13(11-17)8-9-16(7-2)12(3)10-15(4)5/h12-14,17H,6-11H2,1-5H3. The molecule has 0 aliphatic carbocycles. The predicted molar refractivity (Wildman–Crippen MR) is 74.4 cm³/mol. The van der Waals surface area contributed by atoms with E-state index in [1.165, 1.54) is 0 Å². The molecule has 0 spiro atoms. The molecule has 0 fully saturated rings. The van der Waals surface area contributed by atoms with Crippen LogP contribution in [-0.4, -0.2) is 73.9 Å². The van der Waals surface area contributed by atoms with Crippen molar-refractivity contribution in [2.45, 2.75) is 39.3 Å². The maximum absolute atomic E-state index is 9.24. The van der Waals surface area contributed by atoms with Crippen LogP contribution in [0.1, 0.15) is 27.2 Å². The van der Waals surface area contributed by atoms with E-state index in [9.17, 15) is 5.11 Å². The van der Waals surface area contributed by atoms with Crippen molar-refractivity contribution in [1.82, 2.24) is 15.1 Å². The van der Waals surface area contributed by atoms with Gasteiger partial charge >= 0.3 is 0 Å². The number of hydrogen-bond donors (Lipinski definition) is 2. The summed E-state index contributed by atoms with van der Waals surface area (Å²) in [7, 11) is 4.22. The van der Waals surface area contributed by atoms with Crippen LogP contribution in [0.2, 0.25) is 0 Å². The Bertz CT molecular complexity index is 176. The van der Waals surface area contributed by atoms with Crippen molar-refractivity contribution in [2.24, 2.45) is 0 Å². The Labute approximate surface area is 107 Å². The van der Waals surface area contributed by atoms with E-state index in [4.69, 9.17) is 0 Å². The van der Waals surface area contributed by atoms with Crippen molar-refractivity contribution in [3.8, 4) is 0 Å². The number of aliphatic hydroxyl groups is 1. The zero-order valence-corrected chi connectivity index (χ0v) is 12.2. The fourth-order valence-electron chi connectivity index (χ4n) is 2.20. The van der Waals surface area contributed by atoms with Crippen LogP contribution in [0.5, 0.6) is 0 Å². The van der Waals surface area contributed by atoms with Gasteiger partial charge in [0.2, 0.25) is 0 Å². The monoisotopic (exact) mass is 245 g/mol. The molecule has 0 aromatic heterocycles. The van der Waals surface area contributed by atoms with Crippen LogP contribution in [0.4, 0.5) is 0 Å². The van der Waals surface area contributed by atoms with E-state index in [0.717, 1.165) is 32.6 Å². The highest BCUT2D eigenvalue weighted by molar-refractivity contribution is 4.72. The van der Waals surface area contributed by atoms with Crippen molar-refractivity contribution in [1.29, 1.82) is 0 Å². The summed E-state index contributed by atoms with van der Waals surface area (Å²) in [6.45, 7) is 10.9. The van der Waals surface area contributed by atoms with Gasteiger partial charge in [0, 0.05) is 25.2 Å². The normalized spacial score (nSPS) is 15.5. The third-order valence-electron chi connectivity index (χ3n) is 3.14. The minimum Gasteiger partial charge on any atom is -0.395 e. The van der Waals surface area contributed by atoms with Crippen LogP contribution in [0.25, 0.3) is 0 Å². The fraction of sp³-hybridized carbons (Fsp3) is 1.00. The number of hydrogen-bond acceptors (Lipinski definition) is 4. The Hall–Kier alpha value is -0.160. The van der Waals surface area contributed by atoms with Crippen LogP contribution < -0.4 is 5.32 Å². The van der Waals surface area contributed by atoms with Crippen LogP contribution in [0, 0.1) is 0 Å². The molecule has 0 radical (unpaired) electrons. The van der Waals surface area contributed by atoms with E-state index in [1.807, 2.05) is 0 Å². The molecule has 2 unspecified atom stereocenters. The number of likely N-dealkylation sites (N-methyl/N-ethyl adjacent to an activating group) is 3. The van der Waals surface area contributed by atoms with Crippen LogP contribution in [0.15, 0.2) is 0 Å². The molecular weight excluding hydrogens is 214 g/mol. The maximum Gasteiger partial charge on any atom is 0.0585 e. The zero-order valence-electron chi connectivity index (χ0n) is 12.2. The van der Waals surface area contributed by atoms with Crippen molar-refractivity contribution in [2.75, 3.05) is 46.9 Å². The summed E-state index contributed by atoms with van der Waals surface area (Å²) in [6, 6.07) is 0.802. The van der Waals surface area contributed by atoms with E-state index in [-0.39, 0.29) is 12.6 Å². The molecule has 2 atom stereocenters. The first-order valence-electron chi connectivity index (χ1n) is 6.78. The van der Waals surface area contributed by atoms with Crippen LogP contribution in [-0.2, 0) is 0 Å². The van der Waals surface area contributed by atoms with Gasteiger partial charge in [-0.3, -0.25) is 4.90 Å². The molecule has 0 bridgehead atoms. The lowest BCUT2D eigenvalue weighted by Crippen LogP contribution is -2.43. The van der Waals surface area contributed by atoms with E-state index < -0.39 is 0 Å². The molecular formula is C13H31N3O. The molecule has 4 nitrogen and oxygen atoms in total. The molecule has 0 aliphatic rings. The number of rotatable bonds is 10. The first-order valence-corrected chi connectivity index (χ1v) is 6.78. The van der Waals surface area contributed by atoms with Gasteiger partial charge in [-0.25, -0.2) is 0 Å². The molecule has 0 heterocycles. The highest BCUT2D eigenvalue weighted by Crippen LogP contribution is 2.03. The molecule has 0 aromatic carbocycles. The first kappa shape index (κ1) is 16.8. The van der Waals surface area contributed by atoms with Crippen LogP contribution >= 0.6 is 0 Å². The molecule has 2 N–H and O–H groups in total. The second-order valence-electron chi connectivity index (χ2n) is 4.97. The largest absolute Gasteiger partial charge is 0.395 e. The van der Waals surface area contributed by atoms with Crippen molar-refractivity contribution >= 4 is 0 Å². The third-order valence-corrected chi connectivity index (χ3v) is 3.14. The summed E-state index contributed by atoms with van der Waals surface area (Å²) >= 11 is 0. The second kappa shape index (κ2) is 9.83. The average Bonchev–Trinajstić information content (AvgIpc) is 2.27. The molecule has 0 aliphatic heterocycles. The predicted octanol–water partition coefficient (Wildman–Crippen LogP) is 0.619. The summed E-state index contributed by atoms with van der Waals surface area (Å²) in [5.74, 6) is 0. The van der Waals surface area contributed by atoms with Gasteiger partial charge in [0.1, 0.15) is 0 Å². The van der Waals surface area contributed by atoms with Crippen molar-refractivity contribution in [3.05, 3.63) is 0 Å². The number of nitrogens with zero attached hydrogens (tertiary/aromatic N) is 2. The summed E-state index contributed by atoms with van der Waals surface area (Å²) in [5.41, 5.74) is 0. The Morgan fingerprint density at radius 3 is 2.29 bits per heavy atom. The zero-order chi connectivity index (χ0) is 13.3. The van der Waals surface area contributed by atoms with E-state index in [1.54, 1.807) is 0 Å². The molecule has 17 heavy (non-hydrogen) atoms. The molecule has 0 rings (SSSR count). The van der Waals surface area contributed by atoms with E-state index >= 15 is 0 Å². The highest BCUT2D eigenvalue weighted by Gasteiger charge is 2.14. The summed E-state index contributed by atoms with van der Waals surface area (Å²) in [5, 5.41) is 12.5. The first-order chi connectivity index (χ1) is 8.04. The molecule has 0 amide bonds. The molecule has 0 saturated carbocycles. The Balaban J connectivity index is 4.02.